The van der Waals surface area contributed by atoms with Crippen molar-refractivity contribution in [1.82, 2.24) is 5.32 Å². The topological polar surface area (TPSA) is 66.0 Å². The van der Waals surface area contributed by atoms with Crippen LogP contribution in [0.1, 0.15) is 46.6 Å². The molecule has 2 fully saturated rings. The number of ether oxygens (including phenoxy) is 4. The minimum atomic E-state index is -2.94. The van der Waals surface area contributed by atoms with Crippen molar-refractivity contribution in [3.63, 3.8) is 0 Å². The Kier molecular flexibility index (Phi) is 7.88. The quantitative estimate of drug-likeness (QED) is 0.499. The third kappa shape index (κ3) is 6.45. The maximum Gasteiger partial charge on any atom is 0.345 e. The van der Waals surface area contributed by atoms with Crippen LogP contribution in [0, 0.1) is 11.7 Å². The second-order valence-electron chi connectivity index (χ2n) is 10.8. The van der Waals surface area contributed by atoms with Crippen LogP contribution >= 0.6 is 0 Å². The van der Waals surface area contributed by atoms with Gasteiger partial charge in [0.05, 0.1) is 17.3 Å². The summed E-state index contributed by atoms with van der Waals surface area (Å²) < 4.78 is 64.3. The van der Waals surface area contributed by atoms with E-state index in [1.54, 1.807) is 38.1 Å². The molecule has 0 spiro atoms. The van der Waals surface area contributed by atoms with E-state index < -0.39 is 36.3 Å². The summed E-state index contributed by atoms with van der Waals surface area (Å²) in [5.41, 5.74) is 0.689. The largest absolute Gasteiger partial charge is 0.462 e. The van der Waals surface area contributed by atoms with Gasteiger partial charge in [0.2, 0.25) is 12.2 Å². The Morgan fingerprint density at radius 1 is 1.14 bits per heavy atom. The summed E-state index contributed by atoms with van der Waals surface area (Å²) in [6.45, 7) is 6.17. The highest BCUT2D eigenvalue weighted by Gasteiger charge is 2.58. The minimum Gasteiger partial charge on any atom is -0.462 e. The number of carbonyl (C=O) groups excluding carboxylic acids is 1. The van der Waals surface area contributed by atoms with Gasteiger partial charge in [0.25, 0.3) is 0 Å². The second kappa shape index (κ2) is 10.6. The number of fused-ring (bicyclic) bond motifs is 1. The third-order valence-corrected chi connectivity index (χ3v) is 6.85. The van der Waals surface area contributed by atoms with Gasteiger partial charge in [0, 0.05) is 19.4 Å². The van der Waals surface area contributed by atoms with Gasteiger partial charge in [0.1, 0.15) is 17.7 Å². The van der Waals surface area contributed by atoms with Gasteiger partial charge in [-0.05, 0) is 81.5 Å². The van der Waals surface area contributed by atoms with Gasteiger partial charge in [-0.2, -0.15) is 8.78 Å². The molecule has 202 valence electrons. The lowest BCUT2D eigenvalue weighted by Crippen LogP contribution is -2.60. The van der Waals surface area contributed by atoms with Crippen LogP contribution in [0.5, 0.6) is 5.75 Å². The first-order valence-corrected chi connectivity index (χ1v) is 12.4. The predicted molar refractivity (Wildman–Crippen MR) is 132 cm³/mol. The van der Waals surface area contributed by atoms with Crippen LogP contribution in [-0.2, 0) is 25.4 Å². The average molecular weight is 522 g/mol. The van der Waals surface area contributed by atoms with Crippen molar-refractivity contribution < 1.29 is 36.9 Å². The lowest BCUT2D eigenvalue weighted by Gasteiger charge is -2.47. The van der Waals surface area contributed by atoms with Crippen molar-refractivity contribution in [1.29, 1.82) is 0 Å². The lowest BCUT2D eigenvalue weighted by atomic mass is 9.79. The molecule has 37 heavy (non-hydrogen) atoms. The number of amides is 1. The molecule has 2 aromatic rings. The Hall–Kier alpha value is -2.62. The summed E-state index contributed by atoms with van der Waals surface area (Å²) in [6.07, 6.45) is -1.32. The number of alkyl halides is 2. The van der Waals surface area contributed by atoms with Crippen LogP contribution < -0.4 is 10.1 Å². The zero-order valence-corrected chi connectivity index (χ0v) is 21.7. The zero-order chi connectivity index (χ0) is 27.0. The summed E-state index contributed by atoms with van der Waals surface area (Å²) in [5.74, 6) is -0.406. The number of rotatable bonds is 8. The molecule has 2 aliphatic rings. The third-order valence-electron chi connectivity index (χ3n) is 6.85. The van der Waals surface area contributed by atoms with Gasteiger partial charge >= 0.3 is 6.61 Å². The van der Waals surface area contributed by atoms with E-state index in [2.05, 4.69) is 5.32 Å². The Labute approximate surface area is 215 Å². The van der Waals surface area contributed by atoms with Crippen molar-refractivity contribution in [2.45, 2.75) is 83.8 Å². The molecule has 6 nitrogen and oxygen atoms in total. The average Bonchev–Trinajstić information content (AvgIpc) is 3.12. The number of nitrogens with one attached hydrogen (secondary N) is 1. The van der Waals surface area contributed by atoms with Crippen LogP contribution in [0.2, 0.25) is 0 Å². The normalized spacial score (nSPS) is 26.1. The molecule has 0 bridgehead atoms. The van der Waals surface area contributed by atoms with E-state index in [1.165, 1.54) is 19.1 Å². The zero-order valence-electron chi connectivity index (χ0n) is 21.7. The molecule has 1 N–H and O–H groups in total. The Bertz CT molecular complexity index is 1120. The summed E-state index contributed by atoms with van der Waals surface area (Å²) in [6, 6.07) is 11.7. The minimum absolute atomic E-state index is 0.132. The van der Waals surface area contributed by atoms with Gasteiger partial charge in [-0.25, -0.2) is 4.39 Å². The van der Waals surface area contributed by atoms with Gasteiger partial charge in [-0.3, -0.25) is 4.79 Å². The molecule has 0 radical (unpaired) electrons. The molecule has 2 saturated heterocycles. The maximum absolute atomic E-state index is 14.1. The van der Waals surface area contributed by atoms with Crippen LogP contribution in [0.4, 0.5) is 13.2 Å². The monoisotopic (exact) mass is 521 g/mol. The van der Waals surface area contributed by atoms with E-state index >= 15 is 0 Å². The maximum atomic E-state index is 14.1. The molecule has 2 aromatic carbocycles. The van der Waals surface area contributed by atoms with E-state index in [4.69, 9.17) is 18.9 Å². The molecule has 0 aromatic heterocycles. The van der Waals surface area contributed by atoms with Crippen molar-refractivity contribution in [2.24, 2.45) is 5.92 Å². The van der Waals surface area contributed by atoms with Crippen molar-refractivity contribution >= 4 is 5.91 Å². The first-order valence-electron chi connectivity index (χ1n) is 12.4. The Balaban J connectivity index is 1.64. The van der Waals surface area contributed by atoms with Gasteiger partial charge in [-0.15, -0.1) is 0 Å². The molecule has 2 aliphatic heterocycles. The fraction of sp³-hybridized carbons (Fsp3) is 0.536. The Morgan fingerprint density at radius 3 is 2.57 bits per heavy atom. The molecule has 0 aliphatic carbocycles. The highest BCUT2D eigenvalue weighted by atomic mass is 19.3. The second-order valence-corrected chi connectivity index (χ2v) is 10.8. The molecule has 4 rings (SSSR count). The highest BCUT2D eigenvalue weighted by Crippen LogP contribution is 2.48. The standard InChI is InChI=1S/C28H34F3NO5/c1-16(33)32-12-11-17-9-10-20(14-21(17)18-7-6-8-19(29)13-18)34-25-23-22(15-27(2,3)36-23)24(35-26(30)31)28(4,5)37-25/h6-10,13-14,22-26H,11-12,15H2,1-5H3,(H,32,33)/t22-,23+,24+,25+/m0/s1. The number of carbonyl (C=O) groups is 1. The van der Waals surface area contributed by atoms with Crippen molar-refractivity contribution in [3.05, 3.63) is 53.8 Å². The van der Waals surface area contributed by atoms with Gasteiger partial charge < -0.3 is 24.3 Å². The van der Waals surface area contributed by atoms with E-state index in [0.29, 0.717) is 30.7 Å². The van der Waals surface area contributed by atoms with E-state index in [0.717, 1.165) is 11.1 Å². The van der Waals surface area contributed by atoms with Crippen LogP contribution in [0.3, 0.4) is 0 Å². The van der Waals surface area contributed by atoms with E-state index in [1.807, 2.05) is 19.9 Å². The fourth-order valence-corrected chi connectivity index (χ4v) is 5.42. The number of hydrogen-bond acceptors (Lipinski definition) is 5. The number of benzene rings is 2. The summed E-state index contributed by atoms with van der Waals surface area (Å²) >= 11 is 0. The molecule has 4 atom stereocenters. The van der Waals surface area contributed by atoms with E-state index in [9.17, 15) is 18.0 Å². The summed E-state index contributed by atoms with van der Waals surface area (Å²) in [7, 11) is 0. The van der Waals surface area contributed by atoms with Crippen molar-refractivity contribution in [2.75, 3.05) is 6.54 Å². The van der Waals surface area contributed by atoms with E-state index in [-0.39, 0.29) is 17.6 Å². The Morgan fingerprint density at radius 2 is 1.89 bits per heavy atom. The molecule has 1 amide bonds. The predicted octanol–water partition coefficient (Wildman–Crippen LogP) is 5.48. The first-order chi connectivity index (χ1) is 17.3. The SMILES string of the molecule is CC(=O)NCCc1ccc(O[C@@H]2OC(C)(C)[C@H](OC(F)F)[C@H]3CC(C)(C)O[C@@H]23)cc1-c1cccc(F)c1. The van der Waals surface area contributed by atoms with Gasteiger partial charge in [-0.1, -0.05) is 18.2 Å². The molecule has 9 heteroatoms. The summed E-state index contributed by atoms with van der Waals surface area (Å²) in [5, 5.41) is 2.78. The highest BCUT2D eigenvalue weighted by molar-refractivity contribution is 5.73. The number of hydrogen-bond donors (Lipinski definition) is 1. The fourth-order valence-electron chi connectivity index (χ4n) is 5.42. The van der Waals surface area contributed by atoms with Crippen LogP contribution in [-0.4, -0.2) is 48.8 Å². The molecular weight excluding hydrogens is 487 g/mol. The first kappa shape index (κ1) is 27.4. The van der Waals surface area contributed by atoms with Crippen LogP contribution in [0.15, 0.2) is 42.5 Å². The molecule has 0 saturated carbocycles. The molecule has 2 heterocycles. The molecular formula is C28H34F3NO5. The smallest absolute Gasteiger partial charge is 0.345 e. The summed E-state index contributed by atoms with van der Waals surface area (Å²) in [4.78, 5) is 11.3. The van der Waals surface area contributed by atoms with Gasteiger partial charge in [0.15, 0.2) is 0 Å². The lowest BCUT2D eigenvalue weighted by molar-refractivity contribution is -0.318. The van der Waals surface area contributed by atoms with Crippen molar-refractivity contribution in [3.8, 4) is 16.9 Å². The molecule has 0 unspecified atom stereocenters. The van der Waals surface area contributed by atoms with Crippen LogP contribution in [0.25, 0.3) is 11.1 Å². The number of halogens is 3.